The smallest absolute Gasteiger partial charge is 0.289 e. The third-order valence-corrected chi connectivity index (χ3v) is 10.3. The number of nitro groups is 1. The van der Waals surface area contributed by atoms with Gasteiger partial charge in [-0.3, -0.25) is 19.8 Å². The molecule has 2 aliphatic rings. The highest BCUT2D eigenvalue weighted by Gasteiger charge is 2.34. The van der Waals surface area contributed by atoms with E-state index in [2.05, 4.69) is 4.90 Å². The Morgan fingerprint density at radius 2 is 1.92 bits per heavy atom. The summed E-state index contributed by atoms with van der Waals surface area (Å²) in [6.45, 7) is 1.57. The van der Waals surface area contributed by atoms with E-state index in [4.69, 9.17) is 11.6 Å². The van der Waals surface area contributed by atoms with E-state index in [1.54, 1.807) is 22.3 Å². The Hall–Kier alpha value is -2.90. The Bertz CT molecular complexity index is 1520. The van der Waals surface area contributed by atoms with Crippen LogP contribution in [0.3, 0.4) is 0 Å². The maximum absolute atomic E-state index is 14.1. The highest BCUT2D eigenvalue weighted by molar-refractivity contribution is 7.89. The Morgan fingerprint density at radius 3 is 2.69 bits per heavy atom. The summed E-state index contributed by atoms with van der Waals surface area (Å²) in [6, 6.07) is 11.6. The van der Waals surface area contributed by atoms with Crippen molar-refractivity contribution in [2.45, 2.75) is 23.8 Å². The lowest BCUT2D eigenvalue weighted by Crippen LogP contribution is -2.45. The fourth-order valence-corrected chi connectivity index (χ4v) is 7.79. The Balaban J connectivity index is 1.30. The number of nitrogens with zero attached hydrogens (tertiary/aromatic N) is 4. The molecule has 2 aliphatic heterocycles. The number of hydrogen-bond acceptors (Lipinski definition) is 7. The highest BCUT2D eigenvalue weighted by atomic mass is 35.5. The van der Waals surface area contributed by atoms with Crippen LogP contribution >= 0.6 is 22.9 Å². The van der Waals surface area contributed by atoms with Crippen molar-refractivity contribution in [3.05, 3.63) is 90.9 Å². The molecule has 9 nitrogen and oxygen atoms in total. The first-order valence-corrected chi connectivity index (χ1v) is 15.1. The standard InChI is InChI=1S/C26H26ClFN4O5S2/c27-22-6-5-20(16-23(22)32(34)35)39(36,37)31-10-2-9-29(12-13-31)25(33)17-30-11-7-24-21(8-14-38-24)26(30)18-3-1-4-19(28)15-18/h1,3-6,8,14-16,26H,2,7,9-13,17H2. The monoisotopic (exact) mass is 592 g/mol. The third-order valence-electron chi connectivity index (χ3n) is 7.13. The quantitative estimate of drug-likeness (QED) is 0.312. The second kappa shape index (κ2) is 11.3. The molecule has 2 aromatic carbocycles. The number of halogens is 2. The molecular weight excluding hydrogens is 567 g/mol. The van der Waals surface area contributed by atoms with Crippen molar-refractivity contribution >= 4 is 44.6 Å². The first-order valence-electron chi connectivity index (χ1n) is 12.4. The molecular formula is C26H26ClFN4O5S2. The van der Waals surface area contributed by atoms with Crippen molar-refractivity contribution < 1.29 is 22.5 Å². The van der Waals surface area contributed by atoms with Crippen molar-refractivity contribution in [1.29, 1.82) is 0 Å². The summed E-state index contributed by atoms with van der Waals surface area (Å²) in [7, 11) is -4.02. The van der Waals surface area contributed by atoms with Gasteiger partial charge in [-0.15, -0.1) is 11.3 Å². The summed E-state index contributed by atoms with van der Waals surface area (Å²) in [4.78, 5) is 28.7. The predicted molar refractivity (Wildman–Crippen MR) is 146 cm³/mol. The molecule has 0 bridgehead atoms. The summed E-state index contributed by atoms with van der Waals surface area (Å²) in [5, 5.41) is 13.1. The third kappa shape index (κ3) is 5.71. The van der Waals surface area contributed by atoms with Crippen LogP contribution in [0.1, 0.15) is 28.5 Å². The van der Waals surface area contributed by atoms with E-state index in [1.165, 1.54) is 33.4 Å². The summed E-state index contributed by atoms with van der Waals surface area (Å²) in [5.41, 5.74) is 1.38. The van der Waals surface area contributed by atoms with Gasteiger partial charge < -0.3 is 4.90 Å². The van der Waals surface area contributed by atoms with E-state index in [9.17, 15) is 27.7 Å². The number of amides is 1. The predicted octanol–water partition coefficient (Wildman–Crippen LogP) is 4.32. The number of benzene rings is 2. The Kier molecular flexibility index (Phi) is 8.01. The van der Waals surface area contributed by atoms with Crippen LogP contribution in [0, 0.1) is 15.9 Å². The molecule has 1 amide bonds. The first kappa shape index (κ1) is 27.7. The van der Waals surface area contributed by atoms with Crippen molar-refractivity contribution in [1.82, 2.24) is 14.1 Å². The molecule has 3 heterocycles. The van der Waals surface area contributed by atoms with Gasteiger partial charge in [0.2, 0.25) is 15.9 Å². The number of thiophene rings is 1. The van der Waals surface area contributed by atoms with Gasteiger partial charge in [-0.2, -0.15) is 4.31 Å². The molecule has 0 saturated carbocycles. The van der Waals surface area contributed by atoms with Crippen molar-refractivity contribution in [2.24, 2.45) is 0 Å². The molecule has 0 N–H and O–H groups in total. The molecule has 39 heavy (non-hydrogen) atoms. The number of carbonyl (C=O) groups is 1. The minimum absolute atomic E-state index is 0.0620. The topological polar surface area (TPSA) is 104 Å². The molecule has 3 aromatic rings. The van der Waals surface area contributed by atoms with Crippen LogP contribution in [0.5, 0.6) is 0 Å². The maximum atomic E-state index is 14.1. The molecule has 1 atom stereocenters. The first-order chi connectivity index (χ1) is 18.6. The van der Waals surface area contributed by atoms with E-state index in [1.807, 2.05) is 17.5 Å². The lowest BCUT2D eigenvalue weighted by Gasteiger charge is -2.37. The van der Waals surface area contributed by atoms with Gasteiger partial charge in [0.1, 0.15) is 10.8 Å². The van der Waals surface area contributed by atoms with Gasteiger partial charge in [-0.1, -0.05) is 23.7 Å². The second-order valence-electron chi connectivity index (χ2n) is 9.49. The van der Waals surface area contributed by atoms with E-state index >= 15 is 0 Å². The summed E-state index contributed by atoms with van der Waals surface area (Å²) < 4.78 is 41.9. The van der Waals surface area contributed by atoms with Gasteiger partial charge in [0.15, 0.2) is 0 Å². The van der Waals surface area contributed by atoms with Crippen LogP contribution < -0.4 is 0 Å². The minimum Gasteiger partial charge on any atom is -0.340 e. The molecule has 0 radical (unpaired) electrons. The molecule has 1 aromatic heterocycles. The van der Waals surface area contributed by atoms with E-state index < -0.39 is 20.6 Å². The van der Waals surface area contributed by atoms with Gasteiger partial charge in [0, 0.05) is 43.7 Å². The zero-order valence-corrected chi connectivity index (χ0v) is 23.2. The van der Waals surface area contributed by atoms with Crippen LogP contribution in [0.25, 0.3) is 0 Å². The van der Waals surface area contributed by atoms with Gasteiger partial charge in [-0.05, 0) is 59.7 Å². The zero-order chi connectivity index (χ0) is 27.7. The zero-order valence-electron chi connectivity index (χ0n) is 20.8. The number of fused-ring (bicyclic) bond motifs is 1. The number of nitro benzene ring substituents is 1. The molecule has 5 rings (SSSR count). The Morgan fingerprint density at radius 1 is 1.10 bits per heavy atom. The average molecular weight is 593 g/mol. The molecule has 13 heteroatoms. The van der Waals surface area contributed by atoms with Crippen LogP contribution in [-0.4, -0.2) is 72.6 Å². The number of sulfonamides is 1. The largest absolute Gasteiger partial charge is 0.340 e. The summed E-state index contributed by atoms with van der Waals surface area (Å²) in [6.07, 6.45) is 1.22. The van der Waals surface area contributed by atoms with Crippen LogP contribution in [0.15, 0.2) is 58.8 Å². The molecule has 1 fully saturated rings. The average Bonchev–Trinajstić information content (AvgIpc) is 3.23. The van der Waals surface area contributed by atoms with Crippen LogP contribution in [-0.2, 0) is 21.2 Å². The fourth-order valence-electron chi connectivity index (χ4n) is 5.20. The van der Waals surface area contributed by atoms with Gasteiger partial charge in [-0.25, -0.2) is 12.8 Å². The maximum Gasteiger partial charge on any atom is 0.289 e. The number of carbonyl (C=O) groups excluding carboxylic acids is 1. The SMILES string of the molecule is O=C(CN1CCc2sccc2C1c1cccc(F)c1)N1CCCN(S(=O)(=O)c2ccc(Cl)c([N+](=O)[O-])c2)CC1. The number of rotatable bonds is 6. The Labute approximate surface area is 234 Å². The summed E-state index contributed by atoms with van der Waals surface area (Å²) in [5.74, 6) is -0.461. The van der Waals surface area contributed by atoms with Crippen molar-refractivity contribution in [2.75, 3.05) is 39.3 Å². The summed E-state index contributed by atoms with van der Waals surface area (Å²) >= 11 is 7.51. The molecule has 1 saturated heterocycles. The van der Waals surface area contributed by atoms with Crippen LogP contribution in [0.2, 0.25) is 5.02 Å². The van der Waals surface area contributed by atoms with Gasteiger partial charge in [0.25, 0.3) is 5.69 Å². The lowest BCUT2D eigenvalue weighted by molar-refractivity contribution is -0.384. The van der Waals surface area contributed by atoms with Gasteiger partial charge >= 0.3 is 0 Å². The van der Waals surface area contributed by atoms with E-state index in [0.717, 1.165) is 23.6 Å². The fraction of sp³-hybridized carbons (Fsp3) is 0.346. The lowest BCUT2D eigenvalue weighted by atomic mass is 9.93. The highest BCUT2D eigenvalue weighted by Crippen LogP contribution is 2.38. The normalized spacial score (nSPS) is 18.9. The van der Waals surface area contributed by atoms with E-state index in [-0.39, 0.29) is 53.9 Å². The van der Waals surface area contributed by atoms with E-state index in [0.29, 0.717) is 19.5 Å². The number of hydrogen-bond donors (Lipinski definition) is 0. The van der Waals surface area contributed by atoms with Crippen molar-refractivity contribution in [3.63, 3.8) is 0 Å². The molecule has 206 valence electrons. The van der Waals surface area contributed by atoms with Crippen molar-refractivity contribution in [3.8, 4) is 0 Å². The second-order valence-corrected chi connectivity index (χ2v) is 12.8. The van der Waals surface area contributed by atoms with Gasteiger partial charge in [0.05, 0.1) is 22.4 Å². The molecule has 0 spiro atoms. The van der Waals surface area contributed by atoms with Crippen LogP contribution in [0.4, 0.5) is 10.1 Å². The molecule has 1 unspecified atom stereocenters. The molecule has 0 aliphatic carbocycles. The minimum atomic E-state index is -4.02.